The molecule has 1 rings (SSSR count). The summed E-state index contributed by atoms with van der Waals surface area (Å²) in [6.45, 7) is 0.652. The quantitative estimate of drug-likeness (QED) is 0.574. The second-order valence-corrected chi connectivity index (χ2v) is 3.36. The van der Waals surface area contributed by atoms with Crippen LogP contribution < -0.4 is 5.32 Å². The Bertz CT molecular complexity index is 297. The molecule has 1 heterocycles. The standard InChI is InChI=1S/C10H11NOS/c1-2-3-4-6-11-10(12)9-5-7-13-8-9/h1,5,7-8H,3-4,6H2,(H,11,12). The van der Waals surface area contributed by atoms with Gasteiger partial charge in [-0.15, -0.1) is 12.3 Å². The largest absolute Gasteiger partial charge is 0.352 e. The lowest BCUT2D eigenvalue weighted by Gasteiger charge is -2.00. The van der Waals surface area contributed by atoms with Crippen molar-refractivity contribution in [1.82, 2.24) is 5.32 Å². The average Bonchev–Trinajstić information content (AvgIpc) is 2.65. The molecule has 0 atom stereocenters. The predicted molar refractivity (Wildman–Crippen MR) is 54.7 cm³/mol. The van der Waals surface area contributed by atoms with Crippen molar-refractivity contribution >= 4 is 17.2 Å². The van der Waals surface area contributed by atoms with Gasteiger partial charge in [0.25, 0.3) is 5.91 Å². The zero-order chi connectivity index (χ0) is 9.52. The van der Waals surface area contributed by atoms with Crippen molar-refractivity contribution in [2.24, 2.45) is 0 Å². The molecule has 0 fully saturated rings. The van der Waals surface area contributed by atoms with Gasteiger partial charge >= 0.3 is 0 Å². The van der Waals surface area contributed by atoms with E-state index in [4.69, 9.17) is 6.42 Å². The van der Waals surface area contributed by atoms with Gasteiger partial charge in [-0.2, -0.15) is 11.3 Å². The normalized spacial score (nSPS) is 9.15. The molecule has 1 N–H and O–H groups in total. The lowest BCUT2D eigenvalue weighted by molar-refractivity contribution is 0.0954. The van der Waals surface area contributed by atoms with Crippen molar-refractivity contribution in [3.05, 3.63) is 22.4 Å². The molecule has 0 aliphatic rings. The maximum Gasteiger partial charge on any atom is 0.252 e. The second-order valence-electron chi connectivity index (χ2n) is 2.58. The van der Waals surface area contributed by atoms with E-state index in [2.05, 4.69) is 11.2 Å². The van der Waals surface area contributed by atoms with Crippen LogP contribution in [0.3, 0.4) is 0 Å². The summed E-state index contributed by atoms with van der Waals surface area (Å²) >= 11 is 1.52. The van der Waals surface area contributed by atoms with Crippen molar-refractivity contribution in [3.63, 3.8) is 0 Å². The van der Waals surface area contributed by atoms with Crippen LogP contribution in [0.1, 0.15) is 23.2 Å². The van der Waals surface area contributed by atoms with Gasteiger partial charge in [-0.05, 0) is 17.9 Å². The van der Waals surface area contributed by atoms with Gasteiger partial charge in [0.05, 0.1) is 0 Å². The van der Waals surface area contributed by atoms with Crippen molar-refractivity contribution in [2.75, 3.05) is 6.54 Å². The average molecular weight is 193 g/mol. The SMILES string of the molecule is C#CCCCNC(=O)c1ccsc1. The fraction of sp³-hybridized carbons (Fsp3) is 0.300. The lowest BCUT2D eigenvalue weighted by atomic mass is 10.3. The van der Waals surface area contributed by atoms with Crippen LogP contribution in [0.5, 0.6) is 0 Å². The molecule has 13 heavy (non-hydrogen) atoms. The minimum Gasteiger partial charge on any atom is -0.352 e. The molecule has 0 radical (unpaired) electrons. The Morgan fingerprint density at radius 2 is 2.54 bits per heavy atom. The minimum atomic E-state index is -0.0155. The van der Waals surface area contributed by atoms with Crippen LogP contribution in [-0.2, 0) is 0 Å². The number of rotatable bonds is 4. The van der Waals surface area contributed by atoms with Crippen LogP contribution in [0.2, 0.25) is 0 Å². The number of amides is 1. The first-order valence-corrected chi connectivity index (χ1v) is 5.02. The van der Waals surface area contributed by atoms with Crippen LogP contribution in [0, 0.1) is 12.3 Å². The van der Waals surface area contributed by atoms with Crippen LogP contribution >= 0.6 is 11.3 Å². The van der Waals surface area contributed by atoms with Gasteiger partial charge in [0.1, 0.15) is 0 Å². The van der Waals surface area contributed by atoms with Gasteiger partial charge in [-0.1, -0.05) is 0 Å². The van der Waals surface area contributed by atoms with E-state index in [0.717, 1.165) is 12.0 Å². The van der Waals surface area contributed by atoms with Crippen LogP contribution in [0.4, 0.5) is 0 Å². The van der Waals surface area contributed by atoms with Gasteiger partial charge < -0.3 is 5.32 Å². The molecule has 0 aliphatic carbocycles. The number of nitrogens with one attached hydrogen (secondary N) is 1. The highest BCUT2D eigenvalue weighted by Gasteiger charge is 2.03. The zero-order valence-electron chi connectivity index (χ0n) is 7.25. The number of thiophene rings is 1. The summed E-state index contributed by atoms with van der Waals surface area (Å²) in [5, 5.41) is 6.51. The molecule has 1 amide bonds. The molecule has 1 aromatic heterocycles. The molecule has 68 valence electrons. The predicted octanol–water partition coefficient (Wildman–Crippen LogP) is 1.89. The summed E-state index contributed by atoms with van der Waals surface area (Å²) < 4.78 is 0. The molecule has 0 unspecified atom stereocenters. The molecule has 0 aromatic carbocycles. The maximum atomic E-state index is 11.3. The highest BCUT2D eigenvalue weighted by molar-refractivity contribution is 7.08. The van der Waals surface area contributed by atoms with Gasteiger partial charge in [-0.3, -0.25) is 4.79 Å². The minimum absolute atomic E-state index is 0.0155. The molecule has 2 nitrogen and oxygen atoms in total. The van der Waals surface area contributed by atoms with Crippen molar-refractivity contribution in [3.8, 4) is 12.3 Å². The number of hydrogen-bond acceptors (Lipinski definition) is 2. The molecular formula is C10H11NOS. The van der Waals surface area contributed by atoms with Crippen LogP contribution in [0.25, 0.3) is 0 Å². The van der Waals surface area contributed by atoms with Crippen molar-refractivity contribution < 1.29 is 4.79 Å². The third-order valence-corrected chi connectivity index (χ3v) is 2.25. The summed E-state index contributed by atoms with van der Waals surface area (Å²) in [5.41, 5.74) is 0.728. The van der Waals surface area contributed by atoms with E-state index in [-0.39, 0.29) is 5.91 Å². The molecule has 0 bridgehead atoms. The van der Waals surface area contributed by atoms with E-state index in [1.165, 1.54) is 11.3 Å². The van der Waals surface area contributed by atoms with E-state index < -0.39 is 0 Å². The Kier molecular flexibility index (Phi) is 4.07. The van der Waals surface area contributed by atoms with E-state index >= 15 is 0 Å². The monoisotopic (exact) mass is 193 g/mol. The second kappa shape index (κ2) is 5.39. The molecule has 0 saturated carbocycles. The topological polar surface area (TPSA) is 29.1 Å². The van der Waals surface area contributed by atoms with Gasteiger partial charge in [-0.25, -0.2) is 0 Å². The fourth-order valence-electron chi connectivity index (χ4n) is 0.888. The third kappa shape index (κ3) is 3.30. The highest BCUT2D eigenvalue weighted by Crippen LogP contribution is 2.05. The number of carbonyl (C=O) groups excluding carboxylic acids is 1. The summed E-state index contributed by atoms with van der Waals surface area (Å²) in [5.74, 6) is 2.51. The van der Waals surface area contributed by atoms with Gasteiger partial charge in [0.2, 0.25) is 0 Å². The smallest absolute Gasteiger partial charge is 0.252 e. The summed E-state index contributed by atoms with van der Waals surface area (Å²) in [6.07, 6.45) is 6.63. The molecule has 0 spiro atoms. The van der Waals surface area contributed by atoms with Crippen molar-refractivity contribution in [1.29, 1.82) is 0 Å². The Morgan fingerprint density at radius 3 is 3.15 bits per heavy atom. The van der Waals surface area contributed by atoms with E-state index in [9.17, 15) is 4.79 Å². The van der Waals surface area contributed by atoms with E-state index in [1.807, 2.05) is 10.8 Å². The number of hydrogen-bond donors (Lipinski definition) is 1. The Balaban J connectivity index is 2.24. The Hall–Kier alpha value is -1.27. The molecule has 1 aromatic rings. The van der Waals surface area contributed by atoms with E-state index in [0.29, 0.717) is 13.0 Å². The molecule has 0 aliphatic heterocycles. The maximum absolute atomic E-state index is 11.3. The number of terminal acetylenes is 1. The number of carbonyl (C=O) groups is 1. The molecule has 3 heteroatoms. The lowest BCUT2D eigenvalue weighted by Crippen LogP contribution is -2.23. The summed E-state index contributed by atoms with van der Waals surface area (Å²) in [7, 11) is 0. The summed E-state index contributed by atoms with van der Waals surface area (Å²) in [6, 6.07) is 1.81. The Labute approximate surface area is 82.0 Å². The van der Waals surface area contributed by atoms with Gasteiger partial charge in [0.15, 0.2) is 0 Å². The Morgan fingerprint density at radius 1 is 1.69 bits per heavy atom. The van der Waals surface area contributed by atoms with Crippen LogP contribution in [-0.4, -0.2) is 12.5 Å². The third-order valence-electron chi connectivity index (χ3n) is 1.57. The number of unbranched alkanes of at least 4 members (excludes halogenated alkanes) is 1. The van der Waals surface area contributed by atoms with Crippen LogP contribution in [0.15, 0.2) is 16.8 Å². The van der Waals surface area contributed by atoms with Gasteiger partial charge in [0, 0.05) is 23.9 Å². The first kappa shape index (κ1) is 9.82. The van der Waals surface area contributed by atoms with E-state index in [1.54, 1.807) is 6.07 Å². The first-order valence-electron chi connectivity index (χ1n) is 4.08. The summed E-state index contributed by atoms with van der Waals surface area (Å²) in [4.78, 5) is 11.3. The highest BCUT2D eigenvalue weighted by atomic mass is 32.1. The zero-order valence-corrected chi connectivity index (χ0v) is 8.06. The molecule has 0 saturated heterocycles. The van der Waals surface area contributed by atoms with Crippen molar-refractivity contribution in [2.45, 2.75) is 12.8 Å². The first-order chi connectivity index (χ1) is 6.34. The molecular weight excluding hydrogens is 182 g/mol. The fourth-order valence-corrected chi connectivity index (χ4v) is 1.52.